The number of nitrogens with zero attached hydrogens (tertiary/aromatic N) is 3. The lowest BCUT2D eigenvalue weighted by molar-refractivity contribution is 0.417. The molecule has 116 valence electrons. The Morgan fingerprint density at radius 1 is 1.09 bits per heavy atom. The molecule has 1 aromatic carbocycles. The summed E-state index contributed by atoms with van der Waals surface area (Å²) in [6, 6.07) is 9.85. The van der Waals surface area contributed by atoms with E-state index in [1.54, 1.807) is 7.11 Å². The number of hydrogen-bond donors (Lipinski definition) is 1. The Labute approximate surface area is 131 Å². The van der Waals surface area contributed by atoms with Crippen LogP contribution in [0.5, 0.6) is 5.75 Å². The van der Waals surface area contributed by atoms with Crippen LogP contribution in [0.2, 0.25) is 0 Å². The predicted octanol–water partition coefficient (Wildman–Crippen LogP) is 3.53. The SMILES string of the molecule is COc1ccccc1Nc1nc(C)cc(N2CCCCC2)n1. The first-order valence-corrected chi connectivity index (χ1v) is 7.77. The predicted molar refractivity (Wildman–Crippen MR) is 89.1 cm³/mol. The molecular formula is C17H22N4O. The molecule has 5 nitrogen and oxygen atoms in total. The fraction of sp³-hybridized carbons (Fsp3) is 0.412. The number of hydrogen-bond acceptors (Lipinski definition) is 5. The zero-order chi connectivity index (χ0) is 15.4. The standard InChI is InChI=1S/C17H22N4O/c1-13-12-16(21-10-6-3-7-11-21)20-17(18-13)19-14-8-4-5-9-15(14)22-2/h4-5,8-9,12H,3,6-7,10-11H2,1-2H3,(H,18,19,20). The Morgan fingerprint density at radius 3 is 2.64 bits per heavy atom. The molecular weight excluding hydrogens is 276 g/mol. The van der Waals surface area contributed by atoms with Gasteiger partial charge in [0.15, 0.2) is 0 Å². The molecule has 5 heteroatoms. The molecule has 1 aliphatic rings. The van der Waals surface area contributed by atoms with E-state index in [0.717, 1.165) is 36.0 Å². The van der Waals surface area contributed by atoms with E-state index in [1.807, 2.05) is 31.2 Å². The molecule has 1 fully saturated rings. The van der Waals surface area contributed by atoms with E-state index in [1.165, 1.54) is 19.3 Å². The number of methoxy groups -OCH3 is 1. The summed E-state index contributed by atoms with van der Waals surface area (Å²) in [5, 5.41) is 3.27. The van der Waals surface area contributed by atoms with Crippen molar-refractivity contribution in [2.24, 2.45) is 0 Å². The number of aromatic nitrogens is 2. The molecule has 1 N–H and O–H groups in total. The van der Waals surface area contributed by atoms with Gasteiger partial charge in [-0.05, 0) is 38.3 Å². The molecule has 1 aliphatic heterocycles. The molecule has 1 aromatic heterocycles. The maximum absolute atomic E-state index is 5.37. The van der Waals surface area contributed by atoms with Crippen molar-refractivity contribution in [1.82, 2.24) is 9.97 Å². The molecule has 22 heavy (non-hydrogen) atoms. The van der Waals surface area contributed by atoms with Crippen LogP contribution in [0.4, 0.5) is 17.5 Å². The average molecular weight is 298 g/mol. The van der Waals surface area contributed by atoms with Gasteiger partial charge in [-0.25, -0.2) is 4.98 Å². The number of ether oxygens (including phenoxy) is 1. The second-order valence-corrected chi connectivity index (χ2v) is 5.56. The highest BCUT2D eigenvalue weighted by molar-refractivity contribution is 5.63. The van der Waals surface area contributed by atoms with E-state index < -0.39 is 0 Å². The van der Waals surface area contributed by atoms with Crippen LogP contribution in [0.3, 0.4) is 0 Å². The highest BCUT2D eigenvalue weighted by Crippen LogP contribution is 2.27. The average Bonchev–Trinajstić information content (AvgIpc) is 2.56. The van der Waals surface area contributed by atoms with E-state index >= 15 is 0 Å². The van der Waals surface area contributed by atoms with Crippen LogP contribution in [0.1, 0.15) is 25.0 Å². The summed E-state index contributed by atoms with van der Waals surface area (Å²) in [5.41, 5.74) is 1.84. The maximum atomic E-state index is 5.37. The topological polar surface area (TPSA) is 50.3 Å². The molecule has 0 radical (unpaired) electrons. The van der Waals surface area contributed by atoms with Crippen molar-refractivity contribution in [3.8, 4) is 5.75 Å². The van der Waals surface area contributed by atoms with Crippen LogP contribution in [-0.4, -0.2) is 30.2 Å². The molecule has 0 atom stereocenters. The van der Waals surface area contributed by atoms with E-state index in [2.05, 4.69) is 26.3 Å². The summed E-state index contributed by atoms with van der Waals surface area (Å²) >= 11 is 0. The van der Waals surface area contributed by atoms with Gasteiger partial charge in [0.2, 0.25) is 5.95 Å². The third kappa shape index (κ3) is 3.30. The monoisotopic (exact) mass is 298 g/mol. The minimum absolute atomic E-state index is 0.616. The summed E-state index contributed by atoms with van der Waals surface area (Å²) < 4.78 is 5.37. The number of rotatable bonds is 4. The first-order valence-electron chi connectivity index (χ1n) is 7.77. The van der Waals surface area contributed by atoms with Gasteiger partial charge in [0, 0.05) is 24.8 Å². The lowest BCUT2D eigenvalue weighted by Gasteiger charge is -2.28. The van der Waals surface area contributed by atoms with Gasteiger partial charge in [-0.2, -0.15) is 4.98 Å². The lowest BCUT2D eigenvalue weighted by atomic mass is 10.1. The summed E-state index contributed by atoms with van der Waals surface area (Å²) in [6.07, 6.45) is 3.78. The lowest BCUT2D eigenvalue weighted by Crippen LogP contribution is -2.30. The number of benzene rings is 1. The van der Waals surface area contributed by atoms with E-state index in [-0.39, 0.29) is 0 Å². The first kappa shape index (κ1) is 14.6. The highest BCUT2D eigenvalue weighted by Gasteiger charge is 2.14. The highest BCUT2D eigenvalue weighted by atomic mass is 16.5. The van der Waals surface area contributed by atoms with Crippen molar-refractivity contribution in [2.75, 3.05) is 30.4 Å². The third-order valence-electron chi connectivity index (χ3n) is 3.87. The largest absolute Gasteiger partial charge is 0.495 e. The maximum Gasteiger partial charge on any atom is 0.229 e. The van der Waals surface area contributed by atoms with Gasteiger partial charge in [-0.15, -0.1) is 0 Å². The van der Waals surface area contributed by atoms with Crippen LogP contribution >= 0.6 is 0 Å². The van der Waals surface area contributed by atoms with Gasteiger partial charge in [0.25, 0.3) is 0 Å². The number of aryl methyl sites for hydroxylation is 1. The van der Waals surface area contributed by atoms with Gasteiger partial charge in [0.1, 0.15) is 11.6 Å². The fourth-order valence-electron chi connectivity index (χ4n) is 2.76. The Morgan fingerprint density at radius 2 is 1.86 bits per heavy atom. The number of piperidine rings is 1. The van der Waals surface area contributed by atoms with Crippen molar-refractivity contribution >= 4 is 17.5 Å². The van der Waals surface area contributed by atoms with Crippen LogP contribution in [0, 0.1) is 6.92 Å². The molecule has 1 saturated heterocycles. The molecule has 2 heterocycles. The second kappa shape index (κ2) is 6.64. The van der Waals surface area contributed by atoms with Crippen LogP contribution in [-0.2, 0) is 0 Å². The Bertz CT molecular complexity index is 638. The quantitative estimate of drug-likeness (QED) is 0.936. The Kier molecular flexibility index (Phi) is 4.42. The van der Waals surface area contributed by atoms with Gasteiger partial charge in [0.05, 0.1) is 12.8 Å². The minimum Gasteiger partial charge on any atom is -0.495 e. The Balaban J connectivity index is 1.85. The van der Waals surface area contributed by atoms with E-state index in [0.29, 0.717) is 5.95 Å². The number of nitrogens with one attached hydrogen (secondary N) is 1. The fourth-order valence-corrected chi connectivity index (χ4v) is 2.76. The van der Waals surface area contributed by atoms with Crippen LogP contribution < -0.4 is 15.0 Å². The van der Waals surface area contributed by atoms with Crippen LogP contribution in [0.15, 0.2) is 30.3 Å². The van der Waals surface area contributed by atoms with Gasteiger partial charge < -0.3 is 15.0 Å². The van der Waals surface area contributed by atoms with Crippen LogP contribution in [0.25, 0.3) is 0 Å². The van der Waals surface area contributed by atoms with Crippen molar-refractivity contribution in [2.45, 2.75) is 26.2 Å². The zero-order valence-electron chi connectivity index (χ0n) is 13.2. The molecule has 2 aromatic rings. The summed E-state index contributed by atoms with van der Waals surface area (Å²) in [7, 11) is 1.66. The van der Waals surface area contributed by atoms with Gasteiger partial charge >= 0.3 is 0 Å². The molecule has 3 rings (SSSR count). The third-order valence-corrected chi connectivity index (χ3v) is 3.87. The minimum atomic E-state index is 0.616. The Hall–Kier alpha value is -2.30. The van der Waals surface area contributed by atoms with Crippen molar-refractivity contribution < 1.29 is 4.74 Å². The van der Waals surface area contributed by atoms with Crippen molar-refractivity contribution in [1.29, 1.82) is 0 Å². The van der Waals surface area contributed by atoms with Crippen molar-refractivity contribution in [3.05, 3.63) is 36.0 Å². The molecule has 0 amide bonds. The number of anilines is 3. The summed E-state index contributed by atoms with van der Waals surface area (Å²) in [4.78, 5) is 11.5. The smallest absolute Gasteiger partial charge is 0.229 e. The van der Waals surface area contributed by atoms with E-state index in [4.69, 9.17) is 4.74 Å². The normalized spacial score (nSPS) is 14.7. The van der Waals surface area contributed by atoms with E-state index in [9.17, 15) is 0 Å². The zero-order valence-corrected chi connectivity index (χ0v) is 13.2. The first-order chi connectivity index (χ1) is 10.8. The summed E-state index contributed by atoms with van der Waals surface area (Å²) in [5.74, 6) is 2.40. The molecule has 0 bridgehead atoms. The molecule has 0 spiro atoms. The van der Waals surface area contributed by atoms with Gasteiger partial charge in [-0.1, -0.05) is 12.1 Å². The van der Waals surface area contributed by atoms with Crippen molar-refractivity contribution in [3.63, 3.8) is 0 Å². The molecule has 0 aliphatic carbocycles. The summed E-state index contributed by atoms with van der Waals surface area (Å²) in [6.45, 7) is 4.15. The van der Waals surface area contributed by atoms with Gasteiger partial charge in [-0.3, -0.25) is 0 Å². The molecule has 0 unspecified atom stereocenters. The number of para-hydroxylation sites is 2. The molecule has 0 saturated carbocycles. The second-order valence-electron chi connectivity index (χ2n) is 5.56.